The average Bonchev–Trinajstić information content (AvgIpc) is 3.11. The molecule has 0 aliphatic rings. The number of benzene rings is 1. The van der Waals surface area contributed by atoms with Crippen molar-refractivity contribution >= 4 is 11.5 Å². The molecule has 0 atom stereocenters. The lowest BCUT2D eigenvalue weighted by Gasteiger charge is -2.19. The van der Waals surface area contributed by atoms with Gasteiger partial charge in [0.2, 0.25) is 5.82 Å². The van der Waals surface area contributed by atoms with E-state index in [1.54, 1.807) is 0 Å². The smallest absolute Gasteiger partial charge is 0.311 e. The summed E-state index contributed by atoms with van der Waals surface area (Å²) in [6, 6.07) is 6.12. The number of aromatic amines is 1. The van der Waals surface area contributed by atoms with Crippen LogP contribution in [0.1, 0.15) is 47.4 Å². The summed E-state index contributed by atoms with van der Waals surface area (Å²) in [7, 11) is 0. The van der Waals surface area contributed by atoms with Crippen LogP contribution in [-0.4, -0.2) is 26.4 Å². The molecule has 0 aliphatic carbocycles. The largest absolute Gasteiger partial charge is 0.364 e. The summed E-state index contributed by atoms with van der Waals surface area (Å²) in [6.07, 6.45) is 0. The van der Waals surface area contributed by atoms with Gasteiger partial charge >= 0.3 is 5.69 Å². The molecule has 3 aromatic rings. The first kappa shape index (κ1) is 23.3. The van der Waals surface area contributed by atoms with E-state index in [0.717, 1.165) is 12.1 Å². The minimum absolute atomic E-state index is 0.109. The third-order valence-corrected chi connectivity index (χ3v) is 4.71. The van der Waals surface area contributed by atoms with Crippen molar-refractivity contribution in [3.8, 4) is 22.6 Å². The first-order chi connectivity index (χ1) is 14.8. The molecule has 0 spiro atoms. The molecule has 2 aromatic heterocycles. The Morgan fingerprint density at radius 2 is 1.75 bits per heavy atom. The quantitative estimate of drug-likeness (QED) is 0.368. The molecule has 0 fully saturated rings. The Balaban J connectivity index is 2.20. The molecule has 0 saturated carbocycles. The molecule has 0 unspecified atom stereocenters. The Morgan fingerprint density at radius 1 is 1.06 bits per heavy atom. The van der Waals surface area contributed by atoms with Crippen molar-refractivity contribution in [3.63, 3.8) is 0 Å². The van der Waals surface area contributed by atoms with Crippen molar-refractivity contribution in [3.05, 3.63) is 57.9 Å². The van der Waals surface area contributed by atoms with E-state index in [4.69, 9.17) is 0 Å². The van der Waals surface area contributed by atoms with E-state index >= 15 is 0 Å². The van der Waals surface area contributed by atoms with Gasteiger partial charge < -0.3 is 10.3 Å². The number of rotatable bonds is 5. The fourth-order valence-electron chi connectivity index (χ4n) is 3.01. The van der Waals surface area contributed by atoms with Crippen LogP contribution in [0.3, 0.4) is 0 Å². The van der Waals surface area contributed by atoms with Crippen LogP contribution in [-0.2, 0) is 5.41 Å². The molecular weight excluding hydrogens is 416 g/mol. The van der Waals surface area contributed by atoms with Crippen LogP contribution in [0.5, 0.6) is 0 Å². The molecule has 0 amide bonds. The number of pyridine rings is 1. The molecule has 1 aromatic carbocycles. The van der Waals surface area contributed by atoms with Gasteiger partial charge in [0.25, 0.3) is 0 Å². The number of halogens is 2. The lowest BCUT2D eigenvalue weighted by molar-refractivity contribution is -0.384. The SMILES string of the molecule is CC(C)(C)CNc1nc(-c2[nH]c(C(C)(C)C)nc2-c2ccc(F)cc2F)ccc1[N+](=O)[O-]. The predicted molar refractivity (Wildman–Crippen MR) is 120 cm³/mol. The fourth-order valence-corrected chi connectivity index (χ4v) is 3.01. The molecule has 170 valence electrons. The number of anilines is 1. The maximum Gasteiger partial charge on any atom is 0.311 e. The van der Waals surface area contributed by atoms with Gasteiger partial charge in [-0.15, -0.1) is 0 Å². The third-order valence-electron chi connectivity index (χ3n) is 4.71. The van der Waals surface area contributed by atoms with E-state index in [1.165, 1.54) is 18.2 Å². The van der Waals surface area contributed by atoms with Crippen LogP contribution in [0.4, 0.5) is 20.3 Å². The molecule has 2 N–H and O–H groups in total. The van der Waals surface area contributed by atoms with Crippen LogP contribution < -0.4 is 5.32 Å². The highest BCUT2D eigenvalue weighted by atomic mass is 19.1. The summed E-state index contributed by atoms with van der Waals surface area (Å²) < 4.78 is 28.1. The highest BCUT2D eigenvalue weighted by molar-refractivity contribution is 5.78. The number of hydrogen-bond donors (Lipinski definition) is 2. The number of imidazole rings is 1. The standard InChI is InChI=1S/C23H27F2N5O2/c1-22(2,3)12-26-20-17(30(31)32)10-9-16(27-20)19-18(28-21(29-19)23(4,5)6)14-8-7-13(24)11-15(14)25/h7-11H,12H2,1-6H3,(H,26,27)(H,28,29). The predicted octanol–water partition coefficient (Wildman–Crippen LogP) is 6.08. The van der Waals surface area contributed by atoms with Gasteiger partial charge in [-0.2, -0.15) is 0 Å². The lowest BCUT2D eigenvalue weighted by Crippen LogP contribution is -2.20. The number of hydrogen-bond acceptors (Lipinski definition) is 5. The summed E-state index contributed by atoms with van der Waals surface area (Å²) in [6.45, 7) is 12.3. The molecule has 32 heavy (non-hydrogen) atoms. The van der Waals surface area contributed by atoms with Crippen LogP contribution in [0.2, 0.25) is 0 Å². The zero-order valence-electron chi connectivity index (χ0n) is 19.0. The summed E-state index contributed by atoms with van der Waals surface area (Å²) in [5, 5.41) is 14.6. The second-order valence-electron chi connectivity index (χ2n) is 9.92. The van der Waals surface area contributed by atoms with Gasteiger partial charge in [-0.05, 0) is 23.6 Å². The minimum Gasteiger partial charge on any atom is -0.364 e. The molecule has 0 saturated heterocycles. The summed E-state index contributed by atoms with van der Waals surface area (Å²) in [5.74, 6) is -0.761. The number of H-pyrrole nitrogens is 1. The van der Waals surface area contributed by atoms with E-state index in [-0.39, 0.29) is 28.2 Å². The lowest BCUT2D eigenvalue weighted by atomic mass is 9.96. The van der Waals surface area contributed by atoms with Crippen molar-refractivity contribution in [2.45, 2.75) is 47.0 Å². The number of nitrogens with zero attached hydrogens (tertiary/aromatic N) is 3. The topological polar surface area (TPSA) is 96.7 Å². The zero-order valence-corrected chi connectivity index (χ0v) is 19.0. The van der Waals surface area contributed by atoms with Crippen LogP contribution in [0, 0.1) is 27.2 Å². The Morgan fingerprint density at radius 3 is 2.31 bits per heavy atom. The number of nitro groups is 1. The molecule has 0 radical (unpaired) electrons. The van der Waals surface area contributed by atoms with Crippen molar-refractivity contribution in [1.29, 1.82) is 0 Å². The van der Waals surface area contributed by atoms with Gasteiger partial charge in [0.05, 0.1) is 16.3 Å². The molecule has 9 heteroatoms. The molecule has 3 rings (SSSR count). The zero-order chi connectivity index (χ0) is 23.8. The van der Waals surface area contributed by atoms with Gasteiger partial charge in [0.1, 0.15) is 23.2 Å². The van der Waals surface area contributed by atoms with Crippen molar-refractivity contribution in [2.75, 3.05) is 11.9 Å². The van der Waals surface area contributed by atoms with Gasteiger partial charge in [0.15, 0.2) is 0 Å². The maximum atomic E-state index is 14.6. The van der Waals surface area contributed by atoms with Gasteiger partial charge in [-0.25, -0.2) is 18.7 Å². The van der Waals surface area contributed by atoms with E-state index in [9.17, 15) is 18.9 Å². The van der Waals surface area contributed by atoms with Crippen molar-refractivity contribution in [1.82, 2.24) is 15.0 Å². The third kappa shape index (κ3) is 5.09. The molecule has 2 heterocycles. The number of nitrogens with one attached hydrogen (secondary N) is 2. The Labute approximate surface area is 185 Å². The summed E-state index contributed by atoms with van der Waals surface area (Å²) in [5.41, 5.74) is 0.429. The summed E-state index contributed by atoms with van der Waals surface area (Å²) >= 11 is 0. The second kappa shape index (κ2) is 8.29. The van der Waals surface area contributed by atoms with Crippen LogP contribution >= 0.6 is 0 Å². The van der Waals surface area contributed by atoms with Gasteiger partial charge in [-0.1, -0.05) is 41.5 Å². The first-order valence-electron chi connectivity index (χ1n) is 10.2. The van der Waals surface area contributed by atoms with Gasteiger partial charge in [-0.3, -0.25) is 10.1 Å². The Bertz CT molecular complexity index is 1160. The second-order valence-corrected chi connectivity index (χ2v) is 9.92. The van der Waals surface area contributed by atoms with Crippen LogP contribution in [0.15, 0.2) is 30.3 Å². The highest BCUT2D eigenvalue weighted by Crippen LogP contribution is 2.36. The van der Waals surface area contributed by atoms with E-state index in [0.29, 0.717) is 23.8 Å². The van der Waals surface area contributed by atoms with E-state index in [2.05, 4.69) is 20.3 Å². The Hall–Kier alpha value is -3.36. The van der Waals surface area contributed by atoms with Crippen LogP contribution in [0.25, 0.3) is 22.6 Å². The minimum atomic E-state index is -0.758. The van der Waals surface area contributed by atoms with E-state index in [1.807, 2.05) is 41.5 Å². The van der Waals surface area contributed by atoms with Gasteiger partial charge in [0, 0.05) is 29.7 Å². The summed E-state index contributed by atoms with van der Waals surface area (Å²) in [4.78, 5) is 23.3. The monoisotopic (exact) mass is 443 g/mol. The molecule has 0 aliphatic heterocycles. The first-order valence-corrected chi connectivity index (χ1v) is 10.2. The van der Waals surface area contributed by atoms with E-state index < -0.39 is 22.0 Å². The normalized spacial score (nSPS) is 12.1. The Kier molecular flexibility index (Phi) is 6.04. The average molecular weight is 443 g/mol. The molecular formula is C23H27F2N5O2. The molecule has 0 bridgehead atoms. The molecule has 7 nitrogen and oxygen atoms in total. The van der Waals surface area contributed by atoms with Crippen molar-refractivity contribution < 1.29 is 13.7 Å². The fraction of sp³-hybridized carbons (Fsp3) is 0.391. The number of aromatic nitrogens is 3. The highest BCUT2D eigenvalue weighted by Gasteiger charge is 2.26. The maximum absolute atomic E-state index is 14.6. The van der Waals surface area contributed by atoms with Crippen molar-refractivity contribution in [2.24, 2.45) is 5.41 Å².